The average Bonchev–Trinajstić information content (AvgIpc) is 2.82. The maximum Gasteiger partial charge on any atom is 0.217 e. The lowest BCUT2D eigenvalue weighted by molar-refractivity contribution is 0.212. The number of aryl methyl sites for hydroxylation is 1. The first kappa shape index (κ1) is 24.1. The van der Waals surface area contributed by atoms with Crippen molar-refractivity contribution in [3.05, 3.63) is 77.9 Å². The molecule has 0 aliphatic rings. The SMILES string of the molecule is CCCN(CCC)c1cc(N/N=C/c2cccc(C)c2)nc(OCCOc2ccccc2)c1. The van der Waals surface area contributed by atoms with Gasteiger partial charge in [-0.15, -0.1) is 0 Å². The zero-order chi connectivity index (χ0) is 23.3. The maximum absolute atomic E-state index is 5.94. The summed E-state index contributed by atoms with van der Waals surface area (Å²) in [5.74, 6) is 2.02. The molecule has 3 rings (SSSR count). The van der Waals surface area contributed by atoms with E-state index in [4.69, 9.17) is 9.47 Å². The third-order valence-corrected chi connectivity index (χ3v) is 4.92. The lowest BCUT2D eigenvalue weighted by atomic mass is 10.2. The van der Waals surface area contributed by atoms with Crippen LogP contribution >= 0.6 is 0 Å². The fourth-order valence-corrected chi connectivity index (χ4v) is 3.46. The van der Waals surface area contributed by atoms with Crippen LogP contribution in [0.25, 0.3) is 0 Å². The van der Waals surface area contributed by atoms with Crippen LogP contribution in [0.15, 0.2) is 71.8 Å². The second-order valence-electron chi connectivity index (χ2n) is 7.83. The van der Waals surface area contributed by atoms with Gasteiger partial charge in [0.1, 0.15) is 19.0 Å². The van der Waals surface area contributed by atoms with Crippen LogP contribution in [0.2, 0.25) is 0 Å². The van der Waals surface area contributed by atoms with E-state index in [1.54, 1.807) is 6.21 Å². The number of nitrogens with one attached hydrogen (secondary N) is 1. The summed E-state index contributed by atoms with van der Waals surface area (Å²) >= 11 is 0. The van der Waals surface area contributed by atoms with Gasteiger partial charge >= 0.3 is 0 Å². The van der Waals surface area contributed by atoms with Crippen LogP contribution in [0.4, 0.5) is 11.5 Å². The fourth-order valence-electron chi connectivity index (χ4n) is 3.46. The topological polar surface area (TPSA) is 59.0 Å². The molecule has 1 aromatic heterocycles. The van der Waals surface area contributed by atoms with E-state index in [0.717, 1.165) is 42.9 Å². The molecule has 2 aromatic carbocycles. The molecule has 0 saturated carbocycles. The molecule has 6 heteroatoms. The van der Waals surface area contributed by atoms with E-state index < -0.39 is 0 Å². The van der Waals surface area contributed by atoms with Gasteiger partial charge < -0.3 is 14.4 Å². The monoisotopic (exact) mass is 446 g/mol. The van der Waals surface area contributed by atoms with E-state index in [9.17, 15) is 0 Å². The number of anilines is 2. The molecule has 0 saturated heterocycles. The van der Waals surface area contributed by atoms with Crippen molar-refractivity contribution in [1.29, 1.82) is 0 Å². The van der Waals surface area contributed by atoms with E-state index in [0.29, 0.717) is 24.9 Å². The second-order valence-corrected chi connectivity index (χ2v) is 7.83. The third kappa shape index (κ3) is 8.15. The molecule has 0 aliphatic carbocycles. The number of para-hydroxylation sites is 1. The quantitative estimate of drug-likeness (QED) is 0.201. The molecular formula is C27H34N4O2. The number of benzene rings is 2. The molecule has 1 N–H and O–H groups in total. The summed E-state index contributed by atoms with van der Waals surface area (Å²) in [7, 11) is 0. The Morgan fingerprint density at radius 1 is 0.909 bits per heavy atom. The molecule has 174 valence electrons. The Morgan fingerprint density at radius 2 is 1.67 bits per heavy atom. The van der Waals surface area contributed by atoms with Crippen LogP contribution in [0.5, 0.6) is 11.6 Å². The van der Waals surface area contributed by atoms with Crippen molar-refractivity contribution < 1.29 is 9.47 Å². The largest absolute Gasteiger partial charge is 0.490 e. The van der Waals surface area contributed by atoms with Crippen LogP contribution < -0.4 is 19.8 Å². The minimum absolute atomic E-state index is 0.402. The van der Waals surface area contributed by atoms with Gasteiger partial charge in [-0.3, -0.25) is 5.43 Å². The summed E-state index contributed by atoms with van der Waals surface area (Å²) in [4.78, 5) is 6.95. The molecular weight excluding hydrogens is 412 g/mol. The van der Waals surface area contributed by atoms with Gasteiger partial charge in [-0.25, -0.2) is 0 Å². The molecule has 0 atom stereocenters. The van der Waals surface area contributed by atoms with Crippen LogP contribution in [-0.2, 0) is 0 Å². The van der Waals surface area contributed by atoms with Crippen molar-refractivity contribution in [2.24, 2.45) is 5.10 Å². The van der Waals surface area contributed by atoms with Gasteiger partial charge in [0.2, 0.25) is 5.88 Å². The highest BCUT2D eigenvalue weighted by atomic mass is 16.5. The van der Waals surface area contributed by atoms with Gasteiger partial charge in [-0.05, 0) is 37.5 Å². The first-order valence-electron chi connectivity index (χ1n) is 11.6. The van der Waals surface area contributed by atoms with Crippen molar-refractivity contribution in [3.8, 4) is 11.6 Å². The van der Waals surface area contributed by atoms with E-state index in [1.807, 2.05) is 54.6 Å². The Hall–Kier alpha value is -3.54. The van der Waals surface area contributed by atoms with Gasteiger partial charge in [-0.1, -0.05) is 61.9 Å². The number of pyridine rings is 1. The van der Waals surface area contributed by atoms with Gasteiger partial charge in [0.05, 0.1) is 6.21 Å². The molecule has 3 aromatic rings. The summed E-state index contributed by atoms with van der Waals surface area (Å²) in [5.41, 5.74) is 6.37. The molecule has 0 amide bonds. The number of hydrogen-bond acceptors (Lipinski definition) is 6. The van der Waals surface area contributed by atoms with Crippen molar-refractivity contribution in [1.82, 2.24) is 4.98 Å². The normalized spacial score (nSPS) is 10.9. The molecule has 0 radical (unpaired) electrons. The Balaban J connectivity index is 1.70. The van der Waals surface area contributed by atoms with Gasteiger partial charge in [0.25, 0.3) is 0 Å². The highest BCUT2D eigenvalue weighted by molar-refractivity contribution is 5.80. The Bertz CT molecular complexity index is 1000. The smallest absolute Gasteiger partial charge is 0.217 e. The van der Waals surface area contributed by atoms with Crippen LogP contribution in [0.1, 0.15) is 37.8 Å². The van der Waals surface area contributed by atoms with Gasteiger partial charge in [0.15, 0.2) is 5.82 Å². The number of hydrazone groups is 1. The molecule has 0 unspecified atom stereocenters. The first-order valence-corrected chi connectivity index (χ1v) is 11.6. The lowest BCUT2D eigenvalue weighted by Gasteiger charge is -2.24. The molecule has 0 aliphatic heterocycles. The van der Waals surface area contributed by atoms with Crippen molar-refractivity contribution in [3.63, 3.8) is 0 Å². The zero-order valence-electron chi connectivity index (χ0n) is 19.8. The number of nitrogens with zero attached hydrogens (tertiary/aromatic N) is 3. The van der Waals surface area contributed by atoms with Crippen LogP contribution in [0, 0.1) is 6.92 Å². The number of aromatic nitrogens is 1. The van der Waals surface area contributed by atoms with E-state index in [-0.39, 0.29) is 0 Å². The molecule has 6 nitrogen and oxygen atoms in total. The minimum atomic E-state index is 0.402. The fraction of sp³-hybridized carbons (Fsp3) is 0.333. The predicted molar refractivity (Wildman–Crippen MR) is 137 cm³/mol. The number of ether oxygens (including phenoxy) is 2. The predicted octanol–water partition coefficient (Wildman–Crippen LogP) is 5.92. The summed E-state index contributed by atoms with van der Waals surface area (Å²) in [5, 5.41) is 4.39. The van der Waals surface area contributed by atoms with Gasteiger partial charge in [-0.2, -0.15) is 10.1 Å². The molecule has 0 spiro atoms. The highest BCUT2D eigenvalue weighted by Crippen LogP contribution is 2.25. The van der Waals surface area contributed by atoms with Crippen molar-refractivity contribution >= 4 is 17.7 Å². The maximum atomic E-state index is 5.94. The summed E-state index contributed by atoms with van der Waals surface area (Å²) in [6, 6.07) is 21.9. The second kappa shape index (κ2) is 13.1. The zero-order valence-corrected chi connectivity index (χ0v) is 19.8. The van der Waals surface area contributed by atoms with Crippen molar-refractivity contribution in [2.75, 3.05) is 36.6 Å². The minimum Gasteiger partial charge on any atom is -0.490 e. The number of rotatable bonds is 13. The summed E-state index contributed by atoms with van der Waals surface area (Å²) < 4.78 is 11.7. The van der Waals surface area contributed by atoms with E-state index in [1.165, 1.54) is 5.56 Å². The Labute approximate surface area is 197 Å². The molecule has 1 heterocycles. The number of hydrogen-bond donors (Lipinski definition) is 1. The van der Waals surface area contributed by atoms with E-state index in [2.05, 4.69) is 53.3 Å². The van der Waals surface area contributed by atoms with Crippen LogP contribution in [-0.4, -0.2) is 37.5 Å². The average molecular weight is 447 g/mol. The summed E-state index contributed by atoms with van der Waals surface area (Å²) in [6.07, 6.45) is 3.93. The third-order valence-electron chi connectivity index (χ3n) is 4.92. The Kier molecular flexibility index (Phi) is 9.58. The summed E-state index contributed by atoms with van der Waals surface area (Å²) in [6.45, 7) is 9.23. The van der Waals surface area contributed by atoms with Crippen molar-refractivity contribution in [2.45, 2.75) is 33.6 Å². The molecule has 33 heavy (non-hydrogen) atoms. The first-order chi connectivity index (χ1) is 16.2. The standard InChI is InChI=1S/C27H34N4O2/c1-4-14-31(15-5-2)24-19-26(30-28-21-23-11-9-10-22(3)18-23)29-27(20-24)33-17-16-32-25-12-7-6-8-13-25/h6-13,18-21H,4-5,14-17H2,1-3H3,(H,29,30)/b28-21+. The molecule has 0 fully saturated rings. The van der Waals surface area contributed by atoms with Gasteiger partial charge in [0, 0.05) is 30.9 Å². The highest BCUT2D eigenvalue weighted by Gasteiger charge is 2.10. The molecule has 0 bridgehead atoms. The van der Waals surface area contributed by atoms with E-state index >= 15 is 0 Å². The Morgan fingerprint density at radius 3 is 2.39 bits per heavy atom. The van der Waals surface area contributed by atoms with Crippen LogP contribution in [0.3, 0.4) is 0 Å². The lowest BCUT2D eigenvalue weighted by Crippen LogP contribution is -2.25.